The maximum atomic E-state index is 12.1. The number of halogens is 2. The van der Waals surface area contributed by atoms with Crippen molar-refractivity contribution in [2.75, 3.05) is 0 Å². The Labute approximate surface area is 189 Å². The molecule has 0 bridgehead atoms. The van der Waals surface area contributed by atoms with Gasteiger partial charge >= 0.3 is 5.97 Å². The zero-order valence-electron chi connectivity index (χ0n) is 17.0. The van der Waals surface area contributed by atoms with Crippen molar-refractivity contribution in [3.05, 3.63) is 33.8 Å². The summed E-state index contributed by atoms with van der Waals surface area (Å²) in [5, 5.41) is 14.4. The highest BCUT2D eigenvalue weighted by molar-refractivity contribution is 6.36. The lowest BCUT2D eigenvalue weighted by atomic mass is 10.0. The summed E-state index contributed by atoms with van der Waals surface area (Å²) >= 11 is 12.0. The van der Waals surface area contributed by atoms with E-state index in [1.807, 2.05) is 0 Å². The summed E-state index contributed by atoms with van der Waals surface area (Å²) in [5.74, 6) is -3.98. The number of nitrogens with one attached hydrogen (secondary N) is 2. The van der Waals surface area contributed by atoms with Crippen molar-refractivity contribution in [3.8, 4) is 0 Å². The zero-order chi connectivity index (χ0) is 23.7. The number of amides is 3. The van der Waals surface area contributed by atoms with Crippen molar-refractivity contribution in [1.82, 2.24) is 10.6 Å². The summed E-state index contributed by atoms with van der Waals surface area (Å²) in [5.41, 5.74) is 11.6. The maximum absolute atomic E-state index is 12.1. The molecule has 0 saturated carbocycles. The molecule has 3 amide bonds. The number of aliphatic imine (C=N–C) groups is 1. The van der Waals surface area contributed by atoms with Crippen LogP contribution < -0.4 is 22.1 Å². The lowest BCUT2D eigenvalue weighted by molar-refractivity contribution is -0.142. The number of carbonyl (C=O) groups excluding carboxylic acids is 3. The molecular weight excluding hydrogens is 449 g/mol. The van der Waals surface area contributed by atoms with Gasteiger partial charge in [-0.1, -0.05) is 43.1 Å². The highest BCUT2D eigenvalue weighted by Gasteiger charge is 2.25. The molecule has 0 radical (unpaired) electrons. The third kappa shape index (κ3) is 8.91. The minimum atomic E-state index is -1.32. The van der Waals surface area contributed by atoms with E-state index in [9.17, 15) is 24.3 Å². The Balaban J connectivity index is 2.62. The first-order valence-electron chi connectivity index (χ1n) is 9.30. The molecule has 0 aliphatic rings. The van der Waals surface area contributed by atoms with Gasteiger partial charge in [-0.3, -0.25) is 19.7 Å². The van der Waals surface area contributed by atoms with Crippen LogP contribution in [0.4, 0.5) is 0 Å². The fourth-order valence-corrected chi connectivity index (χ4v) is 2.89. The van der Waals surface area contributed by atoms with E-state index in [-0.39, 0.29) is 25.2 Å². The van der Waals surface area contributed by atoms with Gasteiger partial charge in [0.2, 0.25) is 23.7 Å². The van der Waals surface area contributed by atoms with Crippen LogP contribution in [-0.4, -0.2) is 46.8 Å². The Bertz CT molecular complexity index is 855. The molecule has 1 aromatic carbocycles. The molecule has 10 nitrogen and oxygen atoms in total. The van der Waals surface area contributed by atoms with Gasteiger partial charge in [-0.2, -0.15) is 4.99 Å². The van der Waals surface area contributed by atoms with Gasteiger partial charge in [0.05, 0.1) is 12.5 Å². The number of carboxylic acids is 1. The van der Waals surface area contributed by atoms with Crippen molar-refractivity contribution in [3.63, 3.8) is 0 Å². The number of carboxylic acid groups (broad SMARTS) is 1. The second-order valence-corrected chi connectivity index (χ2v) is 7.84. The van der Waals surface area contributed by atoms with Crippen LogP contribution in [0.5, 0.6) is 0 Å². The molecule has 1 rings (SSSR count). The van der Waals surface area contributed by atoms with Crippen LogP contribution in [0.2, 0.25) is 10.0 Å². The van der Waals surface area contributed by atoms with Gasteiger partial charge in [0.1, 0.15) is 6.04 Å². The van der Waals surface area contributed by atoms with E-state index >= 15 is 0 Å². The molecule has 7 N–H and O–H groups in total. The van der Waals surface area contributed by atoms with Gasteiger partial charge in [-0.05, 0) is 30.0 Å². The smallest absolute Gasteiger partial charge is 0.326 e. The molecule has 0 fully saturated rings. The van der Waals surface area contributed by atoms with Gasteiger partial charge < -0.3 is 21.9 Å². The molecule has 12 heteroatoms. The highest BCUT2D eigenvalue weighted by Crippen LogP contribution is 2.24. The average Bonchev–Trinajstić information content (AvgIpc) is 2.66. The maximum Gasteiger partial charge on any atom is 0.326 e. The van der Waals surface area contributed by atoms with Crippen LogP contribution in [0.3, 0.4) is 0 Å². The van der Waals surface area contributed by atoms with E-state index in [4.69, 9.17) is 34.7 Å². The zero-order valence-corrected chi connectivity index (χ0v) is 18.5. The first-order valence-corrected chi connectivity index (χ1v) is 10.1. The molecule has 0 spiro atoms. The molecule has 2 atom stereocenters. The second-order valence-electron chi connectivity index (χ2n) is 7.02. The van der Waals surface area contributed by atoms with Gasteiger partial charge in [0, 0.05) is 16.5 Å². The van der Waals surface area contributed by atoms with Gasteiger partial charge in [-0.15, -0.1) is 0 Å². The number of carbonyl (C=O) groups is 4. The Kier molecular flexibility index (Phi) is 10.4. The van der Waals surface area contributed by atoms with Crippen molar-refractivity contribution in [2.24, 2.45) is 22.4 Å². The third-order valence-corrected chi connectivity index (χ3v) is 4.90. The minimum absolute atomic E-state index is 0.188. The van der Waals surface area contributed by atoms with E-state index in [2.05, 4.69) is 15.6 Å². The molecule has 1 aromatic rings. The lowest BCUT2D eigenvalue weighted by Gasteiger charge is -2.19. The van der Waals surface area contributed by atoms with Gasteiger partial charge in [0.15, 0.2) is 0 Å². The van der Waals surface area contributed by atoms with Crippen LogP contribution in [0.25, 0.3) is 0 Å². The number of aliphatic carboxylic acids is 1. The number of nitrogens with zero attached hydrogens (tertiary/aromatic N) is 1. The molecule has 0 aromatic heterocycles. The summed E-state index contributed by atoms with van der Waals surface area (Å²) in [6.45, 7) is 3.43. The normalized spacial score (nSPS) is 13.4. The van der Waals surface area contributed by atoms with Crippen LogP contribution in [0.15, 0.2) is 23.2 Å². The number of hydrogen-bond donors (Lipinski definition) is 5. The van der Waals surface area contributed by atoms with Crippen LogP contribution in [0, 0.1) is 5.92 Å². The molecule has 0 unspecified atom stereocenters. The fourth-order valence-electron chi connectivity index (χ4n) is 2.36. The van der Waals surface area contributed by atoms with Crippen molar-refractivity contribution >= 4 is 52.9 Å². The topological polar surface area (TPSA) is 177 Å². The minimum Gasteiger partial charge on any atom is -0.480 e. The van der Waals surface area contributed by atoms with Crippen molar-refractivity contribution < 1.29 is 24.3 Å². The quantitative estimate of drug-likeness (QED) is 0.260. The molecule has 170 valence electrons. The Morgan fingerprint density at radius 1 is 1.16 bits per heavy atom. The highest BCUT2D eigenvalue weighted by atomic mass is 35.5. The van der Waals surface area contributed by atoms with E-state index < -0.39 is 41.7 Å². The SMILES string of the molecule is CC(C)[C@H](N)C(=O)N[C@@H](CCC(=O)N=C(N)NC(=O)Cc1c(Cl)cccc1Cl)C(=O)O. The molecule has 0 aliphatic heterocycles. The predicted octanol–water partition coefficient (Wildman–Crippen LogP) is 0.826. The predicted molar refractivity (Wildman–Crippen MR) is 117 cm³/mol. The monoisotopic (exact) mass is 473 g/mol. The number of nitrogens with two attached hydrogens (primary N) is 2. The summed E-state index contributed by atoms with van der Waals surface area (Å²) in [7, 11) is 0. The Morgan fingerprint density at radius 2 is 1.74 bits per heavy atom. The fraction of sp³-hybridized carbons (Fsp3) is 0.421. The van der Waals surface area contributed by atoms with E-state index in [0.717, 1.165) is 0 Å². The van der Waals surface area contributed by atoms with Crippen molar-refractivity contribution in [1.29, 1.82) is 0 Å². The number of guanidine groups is 1. The lowest BCUT2D eigenvalue weighted by Crippen LogP contribution is -2.50. The average molecular weight is 474 g/mol. The van der Waals surface area contributed by atoms with E-state index in [0.29, 0.717) is 15.6 Å². The third-order valence-electron chi connectivity index (χ3n) is 4.19. The molecule has 0 aliphatic carbocycles. The number of rotatable bonds is 9. The number of benzene rings is 1. The summed E-state index contributed by atoms with van der Waals surface area (Å²) < 4.78 is 0. The van der Waals surface area contributed by atoms with E-state index in [1.54, 1.807) is 32.0 Å². The van der Waals surface area contributed by atoms with Crippen LogP contribution in [0.1, 0.15) is 32.3 Å². The molecular formula is C19H25Cl2N5O5. The summed E-state index contributed by atoms with van der Waals surface area (Å²) in [4.78, 5) is 50.8. The molecule has 0 heterocycles. The van der Waals surface area contributed by atoms with Crippen LogP contribution in [-0.2, 0) is 25.6 Å². The standard InChI is InChI=1S/C19H25Cl2N5O5/c1-9(2)16(22)17(29)24-13(18(30)31)6-7-14(27)25-19(23)26-15(28)8-10-11(20)4-3-5-12(10)21/h3-5,9,13,16H,6-8,22H2,1-2H3,(H,24,29)(H,30,31)(H3,23,25,26,27,28)/t13-,16-/m0/s1. The summed E-state index contributed by atoms with van der Waals surface area (Å²) in [6, 6.07) is 2.57. The summed E-state index contributed by atoms with van der Waals surface area (Å²) in [6.07, 6.45) is -0.752. The van der Waals surface area contributed by atoms with E-state index in [1.165, 1.54) is 0 Å². The largest absolute Gasteiger partial charge is 0.480 e. The van der Waals surface area contributed by atoms with Crippen molar-refractivity contribution in [2.45, 2.75) is 45.2 Å². The van der Waals surface area contributed by atoms with Gasteiger partial charge in [0.25, 0.3) is 0 Å². The molecule has 0 saturated heterocycles. The van der Waals surface area contributed by atoms with Crippen LogP contribution >= 0.6 is 23.2 Å². The molecule has 31 heavy (non-hydrogen) atoms. The number of hydrogen-bond acceptors (Lipinski definition) is 5. The first-order chi connectivity index (χ1) is 14.4. The van der Waals surface area contributed by atoms with Gasteiger partial charge in [-0.25, -0.2) is 4.79 Å². The Morgan fingerprint density at radius 3 is 2.26 bits per heavy atom. The Hall–Kier alpha value is -2.69. The second kappa shape index (κ2) is 12.2. The first kappa shape index (κ1) is 26.3.